The lowest BCUT2D eigenvalue weighted by Crippen LogP contribution is -2.17. The largest absolute Gasteiger partial charge is 0.494 e. The maximum absolute atomic E-state index is 12.0. The van der Waals surface area contributed by atoms with Crippen LogP contribution in [-0.2, 0) is 9.59 Å². The number of allylic oxidation sites excluding steroid dienone is 1. The van der Waals surface area contributed by atoms with E-state index in [1.54, 1.807) is 6.92 Å². The highest BCUT2D eigenvalue weighted by atomic mass is 32.2. The molecule has 1 unspecified atom stereocenters. The number of Topliss-reactive ketones (excluding diaryl/α,β-unsaturated/α-hetero) is 1. The molecule has 0 spiro atoms. The molecule has 1 aromatic carbocycles. The van der Waals surface area contributed by atoms with Crippen LogP contribution in [-0.4, -0.2) is 28.5 Å². The summed E-state index contributed by atoms with van der Waals surface area (Å²) in [5.41, 5.74) is 1.81. The van der Waals surface area contributed by atoms with Crippen molar-refractivity contribution in [1.29, 1.82) is 0 Å². The minimum atomic E-state index is -1.04. The number of benzene rings is 1. The molecule has 1 atom stereocenters. The number of carboxylic acid groups (broad SMARTS) is 1. The van der Waals surface area contributed by atoms with Crippen molar-refractivity contribution in [1.82, 2.24) is 0 Å². The van der Waals surface area contributed by atoms with Crippen LogP contribution in [0.25, 0.3) is 5.70 Å². The Kier molecular flexibility index (Phi) is 6.80. The molecule has 1 heterocycles. The molecule has 1 aliphatic heterocycles. The number of ketones is 1. The fraction of sp³-hybridized carbons (Fsp3) is 0.350. The minimum Gasteiger partial charge on any atom is -0.494 e. The summed E-state index contributed by atoms with van der Waals surface area (Å²) >= 11 is 1.03. The van der Waals surface area contributed by atoms with E-state index in [2.05, 4.69) is 18.5 Å². The maximum Gasteiger partial charge on any atom is 0.342 e. The van der Waals surface area contributed by atoms with Gasteiger partial charge in [0, 0.05) is 0 Å². The smallest absolute Gasteiger partial charge is 0.342 e. The lowest BCUT2D eigenvalue weighted by molar-refractivity contribution is -0.131. The van der Waals surface area contributed by atoms with Gasteiger partial charge in [-0.25, -0.2) is 9.79 Å². The quantitative estimate of drug-likeness (QED) is 0.677. The molecule has 0 radical (unpaired) electrons. The zero-order valence-corrected chi connectivity index (χ0v) is 16.1. The summed E-state index contributed by atoms with van der Waals surface area (Å²) in [7, 11) is 0. The maximum atomic E-state index is 12.0. The van der Waals surface area contributed by atoms with E-state index in [1.165, 1.54) is 6.92 Å². The number of carboxylic acids is 1. The third kappa shape index (κ3) is 4.64. The minimum absolute atomic E-state index is 0.127. The molecule has 26 heavy (non-hydrogen) atoms. The van der Waals surface area contributed by atoms with Crippen LogP contribution in [0.2, 0.25) is 0 Å². The molecule has 2 rings (SSSR count). The molecule has 0 aromatic heterocycles. The number of rotatable bonds is 8. The average molecular weight is 373 g/mol. The van der Waals surface area contributed by atoms with Crippen molar-refractivity contribution in [2.45, 2.75) is 33.6 Å². The highest BCUT2D eigenvalue weighted by Gasteiger charge is 2.36. The summed E-state index contributed by atoms with van der Waals surface area (Å²) in [6, 6.07) is 7.42. The molecular formula is C20H23NO4S. The van der Waals surface area contributed by atoms with Crippen LogP contribution < -0.4 is 4.74 Å². The fourth-order valence-corrected chi connectivity index (χ4v) is 3.81. The van der Waals surface area contributed by atoms with E-state index in [1.807, 2.05) is 24.3 Å². The molecule has 0 saturated carbocycles. The summed E-state index contributed by atoms with van der Waals surface area (Å²) in [5, 5.41) is 9.75. The van der Waals surface area contributed by atoms with E-state index >= 15 is 0 Å². The van der Waals surface area contributed by atoms with Crippen LogP contribution in [0, 0.1) is 5.92 Å². The van der Waals surface area contributed by atoms with E-state index < -0.39 is 11.9 Å². The predicted octanol–water partition coefficient (Wildman–Crippen LogP) is 4.55. The number of carbonyl (C=O) groups excluding carboxylic acids is 1. The molecule has 0 fully saturated rings. The van der Waals surface area contributed by atoms with E-state index in [9.17, 15) is 14.7 Å². The Morgan fingerprint density at radius 2 is 1.96 bits per heavy atom. The first-order valence-electron chi connectivity index (χ1n) is 8.48. The number of nitrogens with zero attached hydrogens (tertiary/aromatic N) is 1. The first-order valence-corrected chi connectivity index (χ1v) is 9.29. The van der Waals surface area contributed by atoms with E-state index in [4.69, 9.17) is 4.74 Å². The molecule has 138 valence electrons. The van der Waals surface area contributed by atoms with Crippen LogP contribution in [0.15, 0.2) is 46.3 Å². The number of carbonyl (C=O) groups is 2. The van der Waals surface area contributed by atoms with Crippen molar-refractivity contribution >= 4 is 34.3 Å². The fourth-order valence-electron chi connectivity index (χ4n) is 2.61. The summed E-state index contributed by atoms with van der Waals surface area (Å²) < 4.78 is 5.63. The Labute approximate surface area is 157 Å². The van der Waals surface area contributed by atoms with Gasteiger partial charge in [0.25, 0.3) is 0 Å². The highest BCUT2D eigenvalue weighted by molar-refractivity contribution is 8.18. The Hall–Kier alpha value is -2.34. The molecule has 5 nitrogen and oxygen atoms in total. The molecule has 1 aromatic rings. The van der Waals surface area contributed by atoms with Gasteiger partial charge in [0.05, 0.1) is 28.2 Å². The summed E-state index contributed by atoms with van der Waals surface area (Å²) in [6.07, 6.45) is 2.08. The van der Waals surface area contributed by atoms with Gasteiger partial charge < -0.3 is 9.84 Å². The molecule has 6 heteroatoms. The van der Waals surface area contributed by atoms with Crippen molar-refractivity contribution < 1.29 is 19.4 Å². The van der Waals surface area contributed by atoms with E-state index in [0.717, 1.165) is 35.9 Å². The van der Waals surface area contributed by atoms with Gasteiger partial charge in [0.1, 0.15) is 11.5 Å². The number of hydrogen-bond donors (Lipinski definition) is 1. The molecule has 0 saturated heterocycles. The normalized spacial score (nSPS) is 18.3. The predicted molar refractivity (Wildman–Crippen MR) is 105 cm³/mol. The van der Waals surface area contributed by atoms with Gasteiger partial charge in [0.2, 0.25) is 0 Å². The van der Waals surface area contributed by atoms with Gasteiger partial charge in [-0.2, -0.15) is 0 Å². The van der Waals surface area contributed by atoms with Crippen molar-refractivity contribution in [3.05, 3.63) is 46.9 Å². The van der Waals surface area contributed by atoms with Crippen molar-refractivity contribution in [2.75, 3.05) is 6.61 Å². The first kappa shape index (κ1) is 20.0. The SMILES string of the molecule is C=C(N=C1SC(C(=O)O)=C(C)C1C(C)=O)c1ccc(OCCCC)cc1. The van der Waals surface area contributed by atoms with Gasteiger partial charge in [-0.3, -0.25) is 4.79 Å². The van der Waals surface area contributed by atoms with E-state index in [0.29, 0.717) is 22.9 Å². The van der Waals surface area contributed by atoms with Gasteiger partial charge in [-0.15, -0.1) is 0 Å². The number of aliphatic imine (C=N–C) groups is 1. The highest BCUT2D eigenvalue weighted by Crippen LogP contribution is 2.40. The number of unbranched alkanes of at least 4 members (excludes halogenated alkanes) is 1. The zero-order valence-electron chi connectivity index (χ0n) is 15.2. The summed E-state index contributed by atoms with van der Waals surface area (Å²) in [4.78, 5) is 27.9. The zero-order chi connectivity index (χ0) is 19.3. The Morgan fingerprint density at radius 1 is 1.31 bits per heavy atom. The molecule has 0 bridgehead atoms. The molecule has 1 aliphatic rings. The number of ether oxygens (including phenoxy) is 1. The van der Waals surface area contributed by atoms with Crippen LogP contribution in [0.4, 0.5) is 0 Å². The third-order valence-corrected chi connectivity index (χ3v) is 5.28. The van der Waals surface area contributed by atoms with Crippen LogP contribution in [0.5, 0.6) is 5.75 Å². The average Bonchev–Trinajstić information content (AvgIpc) is 2.92. The molecule has 1 N–H and O–H groups in total. The van der Waals surface area contributed by atoms with Crippen molar-refractivity contribution in [3.8, 4) is 5.75 Å². The lowest BCUT2D eigenvalue weighted by atomic mass is 9.97. The van der Waals surface area contributed by atoms with Crippen LogP contribution >= 0.6 is 11.8 Å². The summed E-state index contributed by atoms with van der Waals surface area (Å²) in [6.45, 7) is 9.86. The van der Waals surface area contributed by atoms with Crippen LogP contribution in [0.1, 0.15) is 39.2 Å². The second kappa shape index (κ2) is 8.85. The van der Waals surface area contributed by atoms with E-state index in [-0.39, 0.29) is 10.7 Å². The third-order valence-electron chi connectivity index (χ3n) is 4.04. The standard InChI is InChI=1S/C20H23NO4S/c1-5-6-11-25-16-9-7-15(8-10-16)13(3)21-19-17(14(4)22)12(2)18(26-19)20(23)24/h7-10,17H,3,5-6,11H2,1-2,4H3,(H,23,24). The van der Waals surface area contributed by atoms with Gasteiger partial charge in [-0.1, -0.05) is 31.7 Å². The first-order chi connectivity index (χ1) is 12.3. The second-order valence-electron chi connectivity index (χ2n) is 6.09. The number of hydrogen-bond acceptors (Lipinski definition) is 5. The van der Waals surface area contributed by atoms with Crippen LogP contribution in [0.3, 0.4) is 0 Å². The van der Waals surface area contributed by atoms with Crippen molar-refractivity contribution in [3.63, 3.8) is 0 Å². The monoisotopic (exact) mass is 373 g/mol. The number of thioether (sulfide) groups is 1. The topological polar surface area (TPSA) is 76.0 Å². The Balaban J connectivity index is 2.17. The Morgan fingerprint density at radius 3 is 2.50 bits per heavy atom. The van der Waals surface area contributed by atoms with Gasteiger partial charge in [-0.05, 0) is 55.7 Å². The van der Waals surface area contributed by atoms with Gasteiger partial charge >= 0.3 is 5.97 Å². The van der Waals surface area contributed by atoms with Gasteiger partial charge in [0.15, 0.2) is 0 Å². The Bertz CT molecular complexity index is 778. The molecule has 0 aliphatic carbocycles. The molecule has 0 amide bonds. The second-order valence-corrected chi connectivity index (χ2v) is 7.12. The lowest BCUT2D eigenvalue weighted by Gasteiger charge is -2.10. The summed E-state index contributed by atoms with van der Waals surface area (Å²) in [5.74, 6) is -0.995. The van der Waals surface area contributed by atoms with Crippen molar-refractivity contribution in [2.24, 2.45) is 10.9 Å². The number of aliphatic carboxylic acids is 1. The molecular weight excluding hydrogens is 350 g/mol.